The summed E-state index contributed by atoms with van der Waals surface area (Å²) in [5.41, 5.74) is 8.60. The lowest BCUT2D eigenvalue weighted by molar-refractivity contribution is 0.434. The Morgan fingerprint density at radius 1 is 1.48 bits per heavy atom. The number of aromatic nitrogens is 3. The number of nitrogens with one attached hydrogen (secondary N) is 1. The maximum absolute atomic E-state index is 10.4. The van der Waals surface area contributed by atoms with E-state index < -0.39 is 0 Å². The number of imidazole rings is 1. The van der Waals surface area contributed by atoms with Gasteiger partial charge < -0.3 is 15.7 Å². The van der Waals surface area contributed by atoms with Gasteiger partial charge in [-0.15, -0.1) is 0 Å². The zero-order valence-corrected chi connectivity index (χ0v) is 14.3. The molecule has 2 aromatic heterocycles. The second-order valence-electron chi connectivity index (χ2n) is 6.06. The molecule has 0 aromatic carbocycles. The molecule has 7 nitrogen and oxygen atoms in total. The summed E-state index contributed by atoms with van der Waals surface area (Å²) in [5, 5.41) is 17.8. The molecule has 0 fully saturated rings. The van der Waals surface area contributed by atoms with Crippen LogP contribution in [0.5, 0.6) is 5.88 Å². The van der Waals surface area contributed by atoms with Crippen LogP contribution in [0.4, 0.5) is 0 Å². The molecule has 23 heavy (non-hydrogen) atoms. The van der Waals surface area contributed by atoms with Gasteiger partial charge in [-0.05, 0) is 26.2 Å². The zero-order chi connectivity index (χ0) is 17.1. The summed E-state index contributed by atoms with van der Waals surface area (Å²) in [7, 11) is 1.80. The summed E-state index contributed by atoms with van der Waals surface area (Å²) in [4.78, 5) is 10.9. The molecule has 0 aliphatic carbocycles. The fraction of sp³-hybridized carbons (Fsp3) is 0.562. The summed E-state index contributed by atoms with van der Waals surface area (Å²) < 4.78 is 1.73. The Hall–Kier alpha value is -2.31. The van der Waals surface area contributed by atoms with E-state index in [2.05, 4.69) is 23.8 Å². The van der Waals surface area contributed by atoms with Crippen molar-refractivity contribution in [3.8, 4) is 5.88 Å². The molecule has 1 unspecified atom stereocenters. The lowest BCUT2D eigenvalue weighted by atomic mass is 10.1. The number of hydrogen-bond acceptors (Lipinski definition) is 4. The first-order chi connectivity index (χ1) is 10.8. The fourth-order valence-corrected chi connectivity index (χ4v) is 2.54. The van der Waals surface area contributed by atoms with Crippen LogP contribution in [0.1, 0.15) is 49.7 Å². The van der Waals surface area contributed by atoms with Crippen molar-refractivity contribution in [3.63, 3.8) is 0 Å². The number of aromatic hydroxyl groups is 1. The lowest BCUT2D eigenvalue weighted by Gasteiger charge is -2.16. The molecule has 2 rings (SSSR count). The topological polar surface area (TPSA) is 104 Å². The highest BCUT2D eigenvalue weighted by Crippen LogP contribution is 2.29. The number of aryl methyl sites for hydroxylation is 2. The van der Waals surface area contributed by atoms with Crippen LogP contribution < -0.4 is 5.73 Å². The second-order valence-corrected chi connectivity index (χ2v) is 6.06. The summed E-state index contributed by atoms with van der Waals surface area (Å²) in [6.07, 6.45) is 4.27. The third kappa shape index (κ3) is 3.55. The van der Waals surface area contributed by atoms with Crippen LogP contribution in [-0.4, -0.2) is 43.9 Å². The predicted molar refractivity (Wildman–Crippen MR) is 91.0 cm³/mol. The predicted octanol–water partition coefficient (Wildman–Crippen LogP) is 2.01. The van der Waals surface area contributed by atoms with E-state index in [0.29, 0.717) is 12.2 Å². The lowest BCUT2D eigenvalue weighted by Crippen LogP contribution is -2.33. The number of fused-ring (bicyclic) bond motifs is 1. The normalized spacial score (nSPS) is 12.5. The smallest absolute Gasteiger partial charge is 0.219 e. The molecule has 0 saturated carbocycles. The van der Waals surface area contributed by atoms with Crippen molar-refractivity contribution in [2.24, 2.45) is 5.73 Å². The molecule has 0 radical (unpaired) electrons. The molecule has 7 heteroatoms. The van der Waals surface area contributed by atoms with Gasteiger partial charge >= 0.3 is 0 Å². The molecule has 0 spiro atoms. The van der Waals surface area contributed by atoms with Gasteiger partial charge in [0.1, 0.15) is 5.69 Å². The summed E-state index contributed by atoms with van der Waals surface area (Å²) in [6.45, 7) is 6.73. The van der Waals surface area contributed by atoms with Crippen LogP contribution in [0.25, 0.3) is 5.65 Å². The quantitative estimate of drug-likeness (QED) is 0.558. The molecular weight excluding hydrogens is 292 g/mol. The highest BCUT2D eigenvalue weighted by Gasteiger charge is 2.19. The Kier molecular flexibility index (Phi) is 5.08. The van der Waals surface area contributed by atoms with Crippen molar-refractivity contribution in [3.05, 3.63) is 23.3 Å². The van der Waals surface area contributed by atoms with Gasteiger partial charge in [-0.3, -0.25) is 14.8 Å². The van der Waals surface area contributed by atoms with Crippen molar-refractivity contribution < 1.29 is 5.11 Å². The molecule has 0 bridgehead atoms. The number of rotatable bonds is 6. The van der Waals surface area contributed by atoms with E-state index in [1.54, 1.807) is 16.3 Å². The van der Waals surface area contributed by atoms with Gasteiger partial charge in [0.2, 0.25) is 5.88 Å². The van der Waals surface area contributed by atoms with E-state index in [1.807, 2.05) is 13.1 Å². The number of hydrogen-bond donors (Lipinski definition) is 3. The molecular formula is C16H26N6O. The highest BCUT2D eigenvalue weighted by atomic mass is 16.3. The Balaban J connectivity index is 2.30. The van der Waals surface area contributed by atoms with Gasteiger partial charge in [-0.1, -0.05) is 13.8 Å². The average Bonchev–Trinajstić information content (AvgIpc) is 2.83. The van der Waals surface area contributed by atoms with Crippen LogP contribution in [-0.2, 0) is 6.42 Å². The van der Waals surface area contributed by atoms with Crippen LogP contribution in [0.15, 0.2) is 6.20 Å². The van der Waals surface area contributed by atoms with Crippen molar-refractivity contribution in [1.29, 1.82) is 5.41 Å². The first kappa shape index (κ1) is 17.1. The minimum atomic E-state index is 0.0601. The number of nitrogens with zero attached hydrogens (tertiary/aromatic N) is 4. The van der Waals surface area contributed by atoms with Gasteiger partial charge in [-0.2, -0.15) is 0 Å². The van der Waals surface area contributed by atoms with E-state index in [4.69, 9.17) is 11.1 Å². The monoisotopic (exact) mass is 318 g/mol. The molecule has 4 N–H and O–H groups in total. The molecule has 1 atom stereocenters. The third-order valence-electron chi connectivity index (χ3n) is 4.19. The standard InChI is InChI=1S/C16H26N6O/c1-5-10(2)13-15(23)22-9-11(3)19-12(14(22)20-13)7-6-8-21(4)16(17)18/h9-10,23H,5-8H2,1-4H3,(H3,17,18). The van der Waals surface area contributed by atoms with E-state index in [1.165, 1.54) is 0 Å². The molecule has 0 aliphatic rings. The van der Waals surface area contributed by atoms with Crippen molar-refractivity contribution in [2.75, 3.05) is 13.6 Å². The SMILES string of the molecule is CCC(C)c1nc2c(CCCN(C)C(=N)N)nc(C)cn2c1O. The molecule has 126 valence electrons. The summed E-state index contributed by atoms with van der Waals surface area (Å²) in [5.74, 6) is 0.471. The maximum Gasteiger partial charge on any atom is 0.219 e. The minimum Gasteiger partial charge on any atom is -0.493 e. The Bertz CT molecular complexity index is 708. The molecule has 0 amide bonds. The van der Waals surface area contributed by atoms with Crippen molar-refractivity contribution in [1.82, 2.24) is 19.3 Å². The van der Waals surface area contributed by atoms with Gasteiger partial charge in [0.15, 0.2) is 11.6 Å². The molecule has 0 aliphatic heterocycles. The zero-order valence-electron chi connectivity index (χ0n) is 14.3. The second kappa shape index (κ2) is 6.85. The summed E-state index contributed by atoms with van der Waals surface area (Å²) >= 11 is 0. The van der Waals surface area contributed by atoms with Crippen LogP contribution in [0, 0.1) is 12.3 Å². The average molecular weight is 318 g/mol. The largest absolute Gasteiger partial charge is 0.493 e. The van der Waals surface area contributed by atoms with Gasteiger partial charge in [-0.25, -0.2) is 4.98 Å². The highest BCUT2D eigenvalue weighted by molar-refractivity contribution is 5.74. The van der Waals surface area contributed by atoms with Crippen LogP contribution in [0.3, 0.4) is 0 Å². The van der Waals surface area contributed by atoms with E-state index >= 15 is 0 Å². The Morgan fingerprint density at radius 3 is 2.78 bits per heavy atom. The maximum atomic E-state index is 10.4. The van der Waals surface area contributed by atoms with Crippen LogP contribution >= 0.6 is 0 Å². The minimum absolute atomic E-state index is 0.0601. The Labute approximate surface area is 136 Å². The first-order valence-corrected chi connectivity index (χ1v) is 7.97. The van der Waals surface area contributed by atoms with E-state index in [0.717, 1.165) is 36.3 Å². The van der Waals surface area contributed by atoms with Gasteiger partial charge in [0.05, 0.1) is 11.4 Å². The van der Waals surface area contributed by atoms with Crippen molar-refractivity contribution >= 4 is 11.6 Å². The Morgan fingerprint density at radius 2 is 2.17 bits per heavy atom. The summed E-state index contributed by atoms with van der Waals surface area (Å²) in [6, 6.07) is 0. The number of guanidine groups is 1. The number of nitrogens with two attached hydrogens (primary N) is 1. The molecule has 2 aromatic rings. The van der Waals surface area contributed by atoms with Gasteiger partial charge in [0.25, 0.3) is 0 Å². The first-order valence-electron chi connectivity index (χ1n) is 7.97. The van der Waals surface area contributed by atoms with E-state index in [-0.39, 0.29) is 17.8 Å². The molecule has 0 saturated heterocycles. The van der Waals surface area contributed by atoms with Crippen LogP contribution in [0.2, 0.25) is 0 Å². The van der Waals surface area contributed by atoms with Gasteiger partial charge in [0, 0.05) is 25.7 Å². The molecule has 2 heterocycles. The fourth-order valence-electron chi connectivity index (χ4n) is 2.54. The van der Waals surface area contributed by atoms with E-state index in [9.17, 15) is 5.11 Å². The van der Waals surface area contributed by atoms with Crippen molar-refractivity contribution in [2.45, 2.75) is 46.0 Å². The third-order valence-corrected chi connectivity index (χ3v) is 4.19.